The average molecular weight is 593 g/mol. The van der Waals surface area contributed by atoms with E-state index in [1.807, 2.05) is 53.2 Å². The van der Waals surface area contributed by atoms with Crippen LogP contribution in [0.4, 0.5) is 0 Å². The van der Waals surface area contributed by atoms with Gasteiger partial charge < -0.3 is 4.74 Å². The van der Waals surface area contributed by atoms with Crippen LogP contribution in [0.2, 0.25) is 10.0 Å². The molecule has 4 aromatic carbocycles. The molecule has 1 aliphatic heterocycles. The van der Waals surface area contributed by atoms with Gasteiger partial charge in [-0.25, -0.2) is 9.67 Å². The van der Waals surface area contributed by atoms with Crippen molar-refractivity contribution in [3.8, 4) is 22.8 Å². The van der Waals surface area contributed by atoms with E-state index in [1.165, 1.54) is 11.1 Å². The zero-order chi connectivity index (χ0) is 28.5. The van der Waals surface area contributed by atoms with Crippen LogP contribution >= 0.6 is 23.2 Å². The van der Waals surface area contributed by atoms with E-state index in [1.54, 1.807) is 6.33 Å². The molecule has 1 atom stereocenters. The lowest BCUT2D eigenvalue weighted by Crippen LogP contribution is -2.30. The molecule has 0 bridgehead atoms. The summed E-state index contributed by atoms with van der Waals surface area (Å²) in [6.45, 7) is 1.66. The number of fused-ring (bicyclic) bond motifs is 1. The molecule has 0 N–H and O–H groups in total. The van der Waals surface area contributed by atoms with Crippen molar-refractivity contribution in [2.75, 3.05) is 13.1 Å². The lowest BCUT2D eigenvalue weighted by atomic mass is 9.97. The zero-order valence-electron chi connectivity index (χ0n) is 22.6. The van der Waals surface area contributed by atoms with Gasteiger partial charge in [0.05, 0.1) is 16.8 Å². The normalized spacial score (nSPS) is 15.5. The van der Waals surface area contributed by atoms with Gasteiger partial charge >= 0.3 is 0 Å². The largest absolute Gasteiger partial charge is 0.471 e. The van der Waals surface area contributed by atoms with Crippen molar-refractivity contribution in [1.29, 1.82) is 0 Å². The van der Waals surface area contributed by atoms with Crippen LogP contribution in [0.5, 0.6) is 5.88 Å². The number of hydrogen-bond acceptors (Lipinski definition) is 5. The van der Waals surface area contributed by atoms with E-state index in [4.69, 9.17) is 33.0 Å². The van der Waals surface area contributed by atoms with Crippen molar-refractivity contribution >= 4 is 34.2 Å². The SMILES string of the molecule is Clc1ccc(-c2c3ncnc(OC4CCN(C(c5ccccc5)c5ccccc5)C4)c3nn2-c2ccccc2Cl)cc1. The van der Waals surface area contributed by atoms with Crippen molar-refractivity contribution in [1.82, 2.24) is 24.6 Å². The summed E-state index contributed by atoms with van der Waals surface area (Å²) in [6.07, 6.45) is 2.36. The summed E-state index contributed by atoms with van der Waals surface area (Å²) >= 11 is 12.9. The molecule has 1 aliphatic rings. The number of ether oxygens (including phenoxy) is 1. The van der Waals surface area contributed by atoms with Gasteiger partial charge in [-0.05, 0) is 41.8 Å². The molecule has 1 unspecified atom stereocenters. The minimum atomic E-state index is -0.0533. The summed E-state index contributed by atoms with van der Waals surface area (Å²) in [5, 5.41) is 6.20. The number of hydrogen-bond donors (Lipinski definition) is 0. The molecule has 2 aromatic heterocycles. The summed E-state index contributed by atoms with van der Waals surface area (Å²) < 4.78 is 8.43. The van der Waals surface area contributed by atoms with Gasteiger partial charge in [-0.3, -0.25) is 4.90 Å². The fourth-order valence-electron chi connectivity index (χ4n) is 5.75. The third-order valence-electron chi connectivity index (χ3n) is 7.67. The number of aromatic nitrogens is 4. The molecule has 7 rings (SSSR count). The Hall–Kier alpha value is -4.23. The molecule has 3 heterocycles. The lowest BCUT2D eigenvalue weighted by molar-refractivity contribution is 0.184. The first-order valence-electron chi connectivity index (χ1n) is 13.9. The summed E-state index contributed by atoms with van der Waals surface area (Å²) in [4.78, 5) is 11.7. The quantitative estimate of drug-likeness (QED) is 0.188. The molecule has 42 heavy (non-hydrogen) atoms. The predicted octanol–water partition coefficient (Wildman–Crippen LogP) is 8.03. The Morgan fingerprint density at radius 3 is 2.10 bits per heavy atom. The van der Waals surface area contributed by atoms with E-state index in [9.17, 15) is 0 Å². The molecule has 6 nitrogen and oxygen atoms in total. The van der Waals surface area contributed by atoms with Gasteiger partial charge in [-0.15, -0.1) is 0 Å². The van der Waals surface area contributed by atoms with Crippen molar-refractivity contribution in [2.24, 2.45) is 0 Å². The third-order valence-corrected chi connectivity index (χ3v) is 8.25. The minimum Gasteiger partial charge on any atom is -0.471 e. The fraction of sp³-hybridized carbons (Fsp3) is 0.147. The Balaban J connectivity index is 1.24. The molecule has 0 saturated carbocycles. The number of nitrogens with zero attached hydrogens (tertiary/aromatic N) is 5. The van der Waals surface area contributed by atoms with Gasteiger partial charge in [0.15, 0.2) is 5.52 Å². The lowest BCUT2D eigenvalue weighted by Gasteiger charge is -2.28. The standard InChI is InChI=1S/C34H27Cl2N5O/c35-26-17-15-25(16-18-26)33-30-31(39-41(33)29-14-8-7-13-28(29)36)34(38-22-37-30)42-27-19-20-40(21-27)32(23-9-3-1-4-10-23)24-11-5-2-6-12-24/h1-18,22,27,32H,19-21H2. The first-order chi connectivity index (χ1) is 20.7. The first kappa shape index (κ1) is 26.7. The predicted molar refractivity (Wildman–Crippen MR) is 167 cm³/mol. The molecule has 0 radical (unpaired) electrons. The van der Waals surface area contributed by atoms with E-state index in [0.717, 1.165) is 36.5 Å². The summed E-state index contributed by atoms with van der Waals surface area (Å²) in [5.74, 6) is 0.462. The third kappa shape index (κ3) is 5.13. The van der Waals surface area contributed by atoms with E-state index >= 15 is 0 Å². The highest BCUT2D eigenvalue weighted by Crippen LogP contribution is 2.37. The molecule has 1 saturated heterocycles. The van der Waals surface area contributed by atoms with E-state index in [-0.39, 0.29) is 12.1 Å². The Morgan fingerprint density at radius 2 is 1.40 bits per heavy atom. The number of likely N-dealkylation sites (tertiary alicyclic amines) is 1. The Morgan fingerprint density at radius 1 is 0.738 bits per heavy atom. The maximum Gasteiger partial charge on any atom is 0.246 e. The van der Waals surface area contributed by atoms with Gasteiger partial charge in [0, 0.05) is 23.7 Å². The molecule has 0 amide bonds. The van der Waals surface area contributed by atoms with Crippen molar-refractivity contribution in [2.45, 2.75) is 18.6 Å². The van der Waals surface area contributed by atoms with Crippen molar-refractivity contribution in [3.63, 3.8) is 0 Å². The van der Waals surface area contributed by atoms with Crippen LogP contribution in [0.25, 0.3) is 28.0 Å². The summed E-state index contributed by atoms with van der Waals surface area (Å²) in [5.41, 5.74) is 6.25. The monoisotopic (exact) mass is 591 g/mol. The molecule has 0 aliphatic carbocycles. The minimum absolute atomic E-state index is 0.0533. The highest BCUT2D eigenvalue weighted by atomic mass is 35.5. The number of benzene rings is 4. The van der Waals surface area contributed by atoms with Gasteiger partial charge in [0.1, 0.15) is 23.6 Å². The smallest absolute Gasteiger partial charge is 0.246 e. The van der Waals surface area contributed by atoms with Gasteiger partial charge in [-0.1, -0.05) is 108 Å². The van der Waals surface area contributed by atoms with Gasteiger partial charge in [-0.2, -0.15) is 10.1 Å². The molecule has 1 fully saturated rings. The second-order valence-electron chi connectivity index (χ2n) is 10.3. The zero-order valence-corrected chi connectivity index (χ0v) is 24.2. The fourth-order valence-corrected chi connectivity index (χ4v) is 6.10. The summed E-state index contributed by atoms with van der Waals surface area (Å²) in [6, 6.07) is 36.7. The first-order valence-corrected chi connectivity index (χ1v) is 14.7. The Kier molecular flexibility index (Phi) is 7.34. The van der Waals surface area contributed by atoms with Crippen LogP contribution in [0.15, 0.2) is 116 Å². The van der Waals surface area contributed by atoms with Crippen LogP contribution in [0.1, 0.15) is 23.6 Å². The highest BCUT2D eigenvalue weighted by molar-refractivity contribution is 6.32. The Labute approximate surface area is 254 Å². The molecule has 208 valence electrons. The number of para-hydroxylation sites is 1. The van der Waals surface area contributed by atoms with Crippen LogP contribution in [0.3, 0.4) is 0 Å². The van der Waals surface area contributed by atoms with E-state index in [2.05, 4.69) is 75.5 Å². The number of halogens is 2. The maximum absolute atomic E-state index is 6.64. The van der Waals surface area contributed by atoms with E-state index in [0.29, 0.717) is 27.0 Å². The second-order valence-corrected chi connectivity index (χ2v) is 11.2. The second kappa shape index (κ2) is 11.6. The van der Waals surface area contributed by atoms with Crippen molar-refractivity contribution < 1.29 is 4.74 Å². The molecular weight excluding hydrogens is 565 g/mol. The van der Waals surface area contributed by atoms with Crippen molar-refractivity contribution in [3.05, 3.63) is 137 Å². The number of rotatable bonds is 7. The van der Waals surface area contributed by atoms with Gasteiger partial charge in [0.2, 0.25) is 5.88 Å². The van der Waals surface area contributed by atoms with Crippen LogP contribution in [0, 0.1) is 0 Å². The van der Waals surface area contributed by atoms with Crippen LogP contribution in [-0.4, -0.2) is 43.8 Å². The van der Waals surface area contributed by atoms with E-state index < -0.39 is 0 Å². The average Bonchev–Trinajstić information content (AvgIpc) is 3.64. The maximum atomic E-state index is 6.64. The summed E-state index contributed by atoms with van der Waals surface area (Å²) in [7, 11) is 0. The topological polar surface area (TPSA) is 56.1 Å². The molecular formula is C34H27Cl2N5O. The highest BCUT2D eigenvalue weighted by Gasteiger charge is 2.32. The van der Waals surface area contributed by atoms with Gasteiger partial charge in [0.25, 0.3) is 0 Å². The van der Waals surface area contributed by atoms with Crippen LogP contribution in [-0.2, 0) is 0 Å². The molecule has 8 heteroatoms. The molecule has 0 spiro atoms. The van der Waals surface area contributed by atoms with Crippen LogP contribution < -0.4 is 4.74 Å². The molecule has 6 aromatic rings. The Bertz CT molecular complexity index is 1790.